The lowest BCUT2D eigenvalue weighted by Gasteiger charge is -2.25. The zero-order chi connectivity index (χ0) is 18.5. The number of halogens is 1. The van der Waals surface area contributed by atoms with Crippen LogP contribution in [0.2, 0.25) is 0 Å². The minimum atomic E-state index is -0.406. The number of rotatable bonds is 2. The molecule has 0 saturated carbocycles. The van der Waals surface area contributed by atoms with Crippen LogP contribution in [0.5, 0.6) is 0 Å². The Morgan fingerprint density at radius 3 is 2.78 bits per heavy atom. The highest BCUT2D eigenvalue weighted by atomic mass is 32.1. The van der Waals surface area contributed by atoms with E-state index in [2.05, 4.69) is 17.6 Å². The average Bonchev–Trinajstić information content (AvgIpc) is 3.26. The number of carbonyl (C=O) groups is 1. The number of furan rings is 1. The summed E-state index contributed by atoms with van der Waals surface area (Å²) >= 11 is 1.69. The minimum absolute atomic E-state index is 0.0412. The van der Waals surface area contributed by atoms with Crippen LogP contribution in [0, 0.1) is 11.7 Å². The fourth-order valence-corrected chi connectivity index (χ4v) is 5.32. The molecule has 4 nitrogen and oxygen atoms in total. The van der Waals surface area contributed by atoms with Crippen LogP contribution in [-0.4, -0.2) is 5.91 Å². The highest BCUT2D eigenvalue weighted by Crippen LogP contribution is 2.42. The van der Waals surface area contributed by atoms with Crippen LogP contribution in [0.3, 0.4) is 0 Å². The second-order valence-corrected chi connectivity index (χ2v) is 8.42. The predicted octanol–water partition coefficient (Wildman–Crippen LogP) is 5.13. The maximum atomic E-state index is 13.1. The van der Waals surface area contributed by atoms with Crippen LogP contribution in [0.25, 0.3) is 11.3 Å². The SMILES string of the molecule is C[C@H]1CCc2c(sc3c2C(=O)N[C@H](c2ccc(-c4ccc(F)cc4)o2)N3)C1. The van der Waals surface area contributed by atoms with Crippen molar-refractivity contribution in [2.24, 2.45) is 5.92 Å². The predicted molar refractivity (Wildman–Crippen MR) is 103 cm³/mol. The van der Waals surface area contributed by atoms with E-state index >= 15 is 0 Å². The van der Waals surface area contributed by atoms with Crippen LogP contribution in [0.4, 0.5) is 9.39 Å². The van der Waals surface area contributed by atoms with Gasteiger partial charge in [-0.2, -0.15) is 0 Å². The molecule has 1 aromatic carbocycles. The molecule has 5 rings (SSSR count). The Morgan fingerprint density at radius 1 is 1.15 bits per heavy atom. The molecule has 0 unspecified atom stereocenters. The number of hydrogen-bond acceptors (Lipinski definition) is 4. The van der Waals surface area contributed by atoms with E-state index in [0.29, 0.717) is 17.4 Å². The summed E-state index contributed by atoms with van der Waals surface area (Å²) in [6.45, 7) is 2.26. The number of benzene rings is 1. The van der Waals surface area contributed by atoms with Crippen molar-refractivity contribution < 1.29 is 13.6 Å². The summed E-state index contributed by atoms with van der Waals surface area (Å²) in [5, 5.41) is 7.37. The molecule has 3 aromatic rings. The van der Waals surface area contributed by atoms with Crippen molar-refractivity contribution >= 4 is 22.2 Å². The molecule has 3 heterocycles. The summed E-state index contributed by atoms with van der Waals surface area (Å²) < 4.78 is 19.1. The highest BCUT2D eigenvalue weighted by molar-refractivity contribution is 7.16. The normalized spacial score (nSPS) is 21.2. The first-order valence-corrected chi connectivity index (χ1v) is 9.98. The molecule has 0 radical (unpaired) electrons. The van der Waals surface area contributed by atoms with E-state index in [9.17, 15) is 9.18 Å². The average molecular weight is 382 g/mol. The largest absolute Gasteiger partial charge is 0.457 e. The molecule has 138 valence electrons. The van der Waals surface area contributed by atoms with Gasteiger partial charge in [0.2, 0.25) is 0 Å². The molecule has 2 atom stereocenters. The third-order valence-corrected chi connectivity index (χ3v) is 6.52. The second-order valence-electron chi connectivity index (χ2n) is 7.32. The summed E-state index contributed by atoms with van der Waals surface area (Å²) in [6, 6.07) is 9.85. The Hall–Kier alpha value is -2.60. The first-order chi connectivity index (χ1) is 13.1. The molecule has 6 heteroatoms. The van der Waals surface area contributed by atoms with E-state index in [0.717, 1.165) is 35.4 Å². The molecule has 1 aliphatic carbocycles. The molecular weight excluding hydrogens is 363 g/mol. The smallest absolute Gasteiger partial charge is 0.256 e. The Morgan fingerprint density at radius 2 is 1.96 bits per heavy atom. The lowest BCUT2D eigenvalue weighted by atomic mass is 9.88. The fraction of sp³-hybridized carbons (Fsp3) is 0.286. The second kappa shape index (κ2) is 6.23. The van der Waals surface area contributed by atoms with E-state index in [1.807, 2.05) is 12.1 Å². The van der Waals surface area contributed by atoms with Crippen LogP contribution in [-0.2, 0) is 12.8 Å². The maximum Gasteiger partial charge on any atom is 0.256 e. The lowest BCUT2D eigenvalue weighted by molar-refractivity contribution is 0.0930. The molecule has 0 bridgehead atoms. The van der Waals surface area contributed by atoms with Crippen molar-refractivity contribution in [1.82, 2.24) is 5.32 Å². The van der Waals surface area contributed by atoms with Gasteiger partial charge in [-0.3, -0.25) is 4.79 Å². The van der Waals surface area contributed by atoms with Crippen LogP contribution in [0.1, 0.15) is 46.1 Å². The van der Waals surface area contributed by atoms with Gasteiger partial charge >= 0.3 is 0 Å². The van der Waals surface area contributed by atoms with Gasteiger partial charge in [0.15, 0.2) is 6.17 Å². The van der Waals surface area contributed by atoms with Gasteiger partial charge in [0.25, 0.3) is 5.91 Å². The molecule has 2 aliphatic rings. The molecule has 0 spiro atoms. The Balaban J connectivity index is 1.44. The van der Waals surface area contributed by atoms with Gasteiger partial charge in [-0.15, -0.1) is 11.3 Å². The number of amides is 1. The van der Waals surface area contributed by atoms with Gasteiger partial charge in [-0.1, -0.05) is 6.92 Å². The number of fused-ring (bicyclic) bond motifs is 3. The van der Waals surface area contributed by atoms with Crippen molar-refractivity contribution in [3.8, 4) is 11.3 Å². The van der Waals surface area contributed by atoms with E-state index in [1.165, 1.54) is 22.6 Å². The van der Waals surface area contributed by atoms with Gasteiger partial charge in [-0.05, 0) is 67.1 Å². The van der Waals surface area contributed by atoms with Gasteiger partial charge in [0.1, 0.15) is 22.3 Å². The number of hydrogen-bond donors (Lipinski definition) is 2. The Bertz CT molecular complexity index is 1020. The standard InChI is InChI=1S/C21H19FN2O2S/c1-11-2-7-14-17(10-11)27-21-18(14)20(25)23-19(24-21)16-9-8-15(26-16)12-3-5-13(22)6-4-12/h3-6,8-9,11,19,24H,2,7,10H2,1H3,(H,23,25)/t11-,19-/m0/s1. The van der Waals surface area contributed by atoms with E-state index in [-0.39, 0.29) is 11.7 Å². The molecule has 1 amide bonds. The lowest BCUT2D eigenvalue weighted by Crippen LogP contribution is -2.38. The van der Waals surface area contributed by atoms with E-state index < -0.39 is 6.17 Å². The molecule has 0 saturated heterocycles. The van der Waals surface area contributed by atoms with Crippen molar-refractivity contribution in [3.63, 3.8) is 0 Å². The molecule has 0 fully saturated rings. The van der Waals surface area contributed by atoms with Gasteiger partial charge < -0.3 is 15.1 Å². The van der Waals surface area contributed by atoms with Crippen molar-refractivity contribution in [1.29, 1.82) is 0 Å². The molecular formula is C21H19FN2O2S. The Labute approximate surface area is 160 Å². The van der Waals surface area contributed by atoms with Gasteiger partial charge in [-0.25, -0.2) is 4.39 Å². The van der Waals surface area contributed by atoms with Crippen molar-refractivity contribution in [2.75, 3.05) is 5.32 Å². The number of nitrogens with one attached hydrogen (secondary N) is 2. The van der Waals surface area contributed by atoms with Crippen LogP contribution < -0.4 is 10.6 Å². The summed E-state index contributed by atoms with van der Waals surface area (Å²) in [4.78, 5) is 14.1. The third-order valence-electron chi connectivity index (χ3n) is 5.33. The monoisotopic (exact) mass is 382 g/mol. The quantitative estimate of drug-likeness (QED) is 0.646. The van der Waals surface area contributed by atoms with E-state index in [4.69, 9.17) is 4.42 Å². The third kappa shape index (κ3) is 2.84. The highest BCUT2D eigenvalue weighted by Gasteiger charge is 2.34. The maximum absolute atomic E-state index is 13.1. The summed E-state index contributed by atoms with van der Waals surface area (Å²) in [5.74, 6) is 1.62. The van der Waals surface area contributed by atoms with E-state index in [1.54, 1.807) is 23.5 Å². The first-order valence-electron chi connectivity index (χ1n) is 9.16. The molecule has 1 aliphatic heterocycles. The van der Waals surface area contributed by atoms with Gasteiger partial charge in [0.05, 0.1) is 5.56 Å². The van der Waals surface area contributed by atoms with Gasteiger partial charge in [0, 0.05) is 10.4 Å². The van der Waals surface area contributed by atoms with Crippen molar-refractivity contribution in [2.45, 2.75) is 32.4 Å². The fourth-order valence-electron chi connectivity index (χ4n) is 3.88. The summed E-state index contributed by atoms with van der Waals surface area (Å²) in [5.41, 5.74) is 2.82. The Kier molecular flexibility index (Phi) is 3.82. The zero-order valence-electron chi connectivity index (χ0n) is 14.8. The number of thiophene rings is 1. The molecule has 2 aromatic heterocycles. The molecule has 2 N–H and O–H groups in total. The summed E-state index contributed by atoms with van der Waals surface area (Å²) in [6.07, 6.45) is 2.74. The number of carbonyl (C=O) groups excluding carboxylic acids is 1. The van der Waals surface area contributed by atoms with Crippen LogP contribution >= 0.6 is 11.3 Å². The summed E-state index contributed by atoms with van der Waals surface area (Å²) in [7, 11) is 0. The topological polar surface area (TPSA) is 54.3 Å². The minimum Gasteiger partial charge on any atom is -0.457 e. The molecule has 27 heavy (non-hydrogen) atoms. The number of anilines is 1. The zero-order valence-corrected chi connectivity index (χ0v) is 15.7. The van der Waals surface area contributed by atoms with Crippen LogP contribution in [0.15, 0.2) is 40.8 Å². The first kappa shape index (κ1) is 16.6. The van der Waals surface area contributed by atoms with Crippen molar-refractivity contribution in [3.05, 3.63) is 64.0 Å².